The lowest BCUT2D eigenvalue weighted by atomic mass is 9.85. The number of urea groups is 1. The van der Waals surface area contributed by atoms with Crippen molar-refractivity contribution in [1.29, 1.82) is 5.26 Å². The van der Waals surface area contributed by atoms with E-state index < -0.39 is 11.7 Å². The molecule has 35 heavy (non-hydrogen) atoms. The van der Waals surface area contributed by atoms with Crippen molar-refractivity contribution in [2.75, 3.05) is 11.9 Å². The number of nitriles is 1. The maximum absolute atomic E-state index is 13.8. The molecule has 1 aromatic heterocycles. The van der Waals surface area contributed by atoms with E-state index in [0.29, 0.717) is 29.1 Å². The van der Waals surface area contributed by atoms with E-state index in [9.17, 15) is 14.0 Å². The molecule has 0 fully saturated rings. The fourth-order valence-corrected chi connectivity index (χ4v) is 4.32. The summed E-state index contributed by atoms with van der Waals surface area (Å²) in [5.74, 6) is -1.29. The lowest BCUT2D eigenvalue weighted by molar-refractivity contribution is 0.0987. The van der Waals surface area contributed by atoms with Gasteiger partial charge in [0.15, 0.2) is 0 Å². The number of benzene rings is 2. The minimum atomic E-state index is -0.705. The second-order valence-corrected chi connectivity index (χ2v) is 9.90. The Morgan fingerprint density at radius 1 is 1.23 bits per heavy atom. The smallest absolute Gasteiger partial charge is 0.322 e. The van der Waals surface area contributed by atoms with Crippen molar-refractivity contribution in [2.24, 2.45) is 11.1 Å². The van der Waals surface area contributed by atoms with Crippen LogP contribution in [0.25, 0.3) is 11.3 Å². The normalized spacial score (nSPS) is 15.3. The predicted octanol–water partition coefficient (Wildman–Crippen LogP) is 4.95. The van der Waals surface area contributed by atoms with Crippen LogP contribution < -0.4 is 11.1 Å². The van der Waals surface area contributed by atoms with Gasteiger partial charge in [-0.1, -0.05) is 32.4 Å². The Balaban J connectivity index is 1.76. The van der Waals surface area contributed by atoms with Gasteiger partial charge in [-0.25, -0.2) is 9.18 Å². The van der Waals surface area contributed by atoms with Crippen molar-refractivity contribution >= 4 is 29.2 Å². The number of rotatable bonds is 3. The molecule has 0 aliphatic carbocycles. The molecule has 3 aromatic rings. The zero-order valence-electron chi connectivity index (χ0n) is 19.5. The molecule has 1 aliphatic heterocycles. The Morgan fingerprint density at radius 2 is 1.91 bits per heavy atom. The van der Waals surface area contributed by atoms with Gasteiger partial charge in [-0.3, -0.25) is 9.48 Å². The third kappa shape index (κ3) is 4.70. The molecule has 3 N–H and O–H groups in total. The van der Waals surface area contributed by atoms with Crippen LogP contribution in [0.3, 0.4) is 0 Å². The van der Waals surface area contributed by atoms with Gasteiger partial charge in [0.2, 0.25) is 0 Å². The molecule has 0 bridgehead atoms. The van der Waals surface area contributed by atoms with Gasteiger partial charge in [0.1, 0.15) is 11.5 Å². The van der Waals surface area contributed by atoms with E-state index in [1.54, 1.807) is 33.8 Å². The van der Waals surface area contributed by atoms with E-state index in [2.05, 4.69) is 5.32 Å². The number of nitrogens with two attached hydrogens (primary N) is 1. The van der Waals surface area contributed by atoms with Crippen molar-refractivity contribution in [3.63, 3.8) is 0 Å². The topological polar surface area (TPSA) is 117 Å². The summed E-state index contributed by atoms with van der Waals surface area (Å²) in [6, 6.07) is 12.0. The van der Waals surface area contributed by atoms with Gasteiger partial charge in [0, 0.05) is 17.8 Å². The Labute approximate surface area is 207 Å². The molecule has 0 unspecified atom stereocenters. The molecule has 8 nitrogen and oxygen atoms in total. The van der Waals surface area contributed by atoms with Crippen molar-refractivity contribution in [2.45, 2.75) is 33.4 Å². The maximum atomic E-state index is 13.8. The molecule has 4 rings (SSSR count). The number of amides is 3. The highest BCUT2D eigenvalue weighted by Gasteiger charge is 2.39. The molecule has 0 saturated carbocycles. The Kier molecular flexibility index (Phi) is 6.26. The van der Waals surface area contributed by atoms with Crippen molar-refractivity contribution in [1.82, 2.24) is 14.7 Å². The molecule has 0 radical (unpaired) electrons. The molecule has 1 atom stereocenters. The fraction of sp³-hybridized carbons (Fsp3) is 0.280. The van der Waals surface area contributed by atoms with Crippen LogP contribution >= 0.6 is 11.6 Å². The number of primary amides is 1. The summed E-state index contributed by atoms with van der Waals surface area (Å²) in [5.41, 5.74) is 7.86. The van der Waals surface area contributed by atoms with Crippen LogP contribution in [0.5, 0.6) is 0 Å². The summed E-state index contributed by atoms with van der Waals surface area (Å²) in [6.07, 6.45) is 0. The molecule has 1 aliphatic rings. The van der Waals surface area contributed by atoms with E-state index in [1.165, 1.54) is 18.2 Å². The summed E-state index contributed by atoms with van der Waals surface area (Å²) in [5, 5.41) is 16.4. The zero-order valence-corrected chi connectivity index (χ0v) is 20.2. The first-order chi connectivity index (χ1) is 16.5. The molecular formula is C25H24ClFN6O2. The van der Waals surface area contributed by atoms with Crippen LogP contribution in [0.2, 0.25) is 5.02 Å². The number of nitrogens with one attached hydrogen (secondary N) is 1. The Hall–Kier alpha value is -3.90. The predicted molar refractivity (Wildman–Crippen MR) is 130 cm³/mol. The Bertz CT molecular complexity index is 1350. The van der Waals surface area contributed by atoms with E-state index in [-0.39, 0.29) is 40.3 Å². The van der Waals surface area contributed by atoms with E-state index in [4.69, 9.17) is 27.7 Å². The number of hydrogen-bond donors (Lipinski definition) is 2. The lowest BCUT2D eigenvalue weighted by Crippen LogP contribution is -2.47. The first-order valence-corrected chi connectivity index (χ1v) is 11.3. The number of aromatic nitrogens is 2. The Morgan fingerprint density at radius 3 is 2.49 bits per heavy atom. The molecule has 2 aromatic carbocycles. The highest BCUT2D eigenvalue weighted by Crippen LogP contribution is 2.39. The number of carbonyl (C=O) groups is 2. The number of anilines is 1. The molecule has 2 heterocycles. The van der Waals surface area contributed by atoms with E-state index >= 15 is 0 Å². The molecule has 180 valence electrons. The van der Waals surface area contributed by atoms with Crippen molar-refractivity contribution < 1.29 is 14.0 Å². The molecule has 10 heteroatoms. The summed E-state index contributed by atoms with van der Waals surface area (Å²) in [7, 11) is 0. The van der Waals surface area contributed by atoms with Gasteiger partial charge < -0.3 is 16.0 Å². The highest BCUT2D eigenvalue weighted by molar-refractivity contribution is 6.31. The quantitative estimate of drug-likeness (QED) is 0.535. The average molecular weight is 495 g/mol. The molecular weight excluding hydrogens is 471 g/mol. The van der Waals surface area contributed by atoms with Gasteiger partial charge in [0.25, 0.3) is 5.91 Å². The number of nitrogens with zero attached hydrogens (tertiary/aromatic N) is 4. The first kappa shape index (κ1) is 24.2. The van der Waals surface area contributed by atoms with Gasteiger partial charge in [0.05, 0.1) is 40.5 Å². The maximum Gasteiger partial charge on any atom is 0.322 e. The van der Waals surface area contributed by atoms with Crippen LogP contribution in [0, 0.1) is 22.6 Å². The van der Waals surface area contributed by atoms with Gasteiger partial charge in [-0.05, 0) is 47.9 Å². The van der Waals surface area contributed by atoms with Crippen molar-refractivity contribution in [3.8, 4) is 17.3 Å². The van der Waals surface area contributed by atoms with E-state index in [0.717, 1.165) is 0 Å². The minimum absolute atomic E-state index is 0.0922. The van der Waals surface area contributed by atoms with Gasteiger partial charge >= 0.3 is 6.03 Å². The van der Waals surface area contributed by atoms with Crippen LogP contribution in [-0.2, 0) is 6.54 Å². The summed E-state index contributed by atoms with van der Waals surface area (Å²) >= 11 is 5.98. The number of hydrogen-bond acceptors (Lipinski definition) is 4. The SMILES string of the molecule is CC(C)(C)[C@H]1CN(C(=O)Nc2ccc(C#N)cc2)Cc2c(C(N)=O)c(-c3ccc(F)c(Cl)c3)nn21. The molecule has 0 spiro atoms. The standard InChI is InChI=1S/C25H24ClFN6O2/c1-25(2,3)20-13-32(24(35)30-16-7-4-14(11-28)5-8-16)12-19-21(23(29)34)22(31-33(19)20)15-6-9-18(27)17(26)10-15/h4-10,20H,12-13H2,1-3H3,(H2,29,34)(H,30,35)/t20-/m1/s1. The van der Waals surface area contributed by atoms with Gasteiger partial charge in [-0.2, -0.15) is 10.4 Å². The second kappa shape index (κ2) is 9.04. The number of fused-ring (bicyclic) bond motifs is 1. The largest absolute Gasteiger partial charge is 0.365 e. The highest BCUT2D eigenvalue weighted by atomic mass is 35.5. The first-order valence-electron chi connectivity index (χ1n) is 10.9. The number of carbonyl (C=O) groups excluding carboxylic acids is 2. The van der Waals surface area contributed by atoms with Crippen LogP contribution in [0.4, 0.5) is 14.9 Å². The minimum Gasteiger partial charge on any atom is -0.365 e. The van der Waals surface area contributed by atoms with E-state index in [1.807, 2.05) is 26.8 Å². The second-order valence-electron chi connectivity index (χ2n) is 9.49. The lowest BCUT2D eigenvalue weighted by Gasteiger charge is -2.40. The summed E-state index contributed by atoms with van der Waals surface area (Å²) in [4.78, 5) is 27.4. The number of halogens is 2. The monoisotopic (exact) mass is 494 g/mol. The third-order valence-corrected chi connectivity index (χ3v) is 6.32. The fourth-order valence-electron chi connectivity index (χ4n) is 4.14. The summed E-state index contributed by atoms with van der Waals surface area (Å²) < 4.78 is 15.5. The van der Waals surface area contributed by atoms with Gasteiger partial charge in [-0.15, -0.1) is 0 Å². The average Bonchev–Trinajstić information content (AvgIpc) is 3.19. The van der Waals surface area contributed by atoms with Crippen molar-refractivity contribution in [3.05, 3.63) is 70.1 Å². The molecule has 3 amide bonds. The zero-order chi connectivity index (χ0) is 25.5. The molecule has 0 saturated heterocycles. The third-order valence-electron chi connectivity index (χ3n) is 6.03. The van der Waals surface area contributed by atoms with Crippen LogP contribution in [0.1, 0.15) is 48.4 Å². The van der Waals surface area contributed by atoms with Crippen LogP contribution in [-0.4, -0.2) is 33.2 Å². The van der Waals surface area contributed by atoms with Crippen LogP contribution in [0.15, 0.2) is 42.5 Å². The summed E-state index contributed by atoms with van der Waals surface area (Å²) in [6.45, 7) is 6.48.